The van der Waals surface area contributed by atoms with E-state index in [0.29, 0.717) is 12.1 Å². The Labute approximate surface area is 220 Å². The highest BCUT2D eigenvalue weighted by Gasteiger charge is 2.31. The Morgan fingerprint density at radius 2 is 1.51 bits per heavy atom. The quantitative estimate of drug-likeness (QED) is 0.274. The number of aryl methyl sites for hydroxylation is 1. The van der Waals surface area contributed by atoms with E-state index in [1.54, 1.807) is 12.4 Å². The number of nitrogens with zero attached hydrogens (tertiary/aromatic N) is 3. The van der Waals surface area contributed by atoms with Crippen molar-refractivity contribution >= 4 is 0 Å². The molecule has 37 heavy (non-hydrogen) atoms. The third kappa shape index (κ3) is 6.50. The number of nitrogens with one attached hydrogen (secondary N) is 1. The van der Waals surface area contributed by atoms with Crippen molar-refractivity contribution in [3.05, 3.63) is 125 Å². The zero-order valence-electron chi connectivity index (χ0n) is 21.6. The molecule has 2 unspecified atom stereocenters. The first-order chi connectivity index (χ1) is 17.9. The Kier molecular flexibility index (Phi) is 8.14. The molecular weight excluding hydrogens is 452 g/mol. The summed E-state index contributed by atoms with van der Waals surface area (Å²) >= 11 is 0. The van der Waals surface area contributed by atoms with Gasteiger partial charge in [0.15, 0.2) is 0 Å². The molecule has 0 aliphatic heterocycles. The van der Waals surface area contributed by atoms with Crippen LogP contribution in [0.5, 0.6) is 0 Å². The molecule has 0 spiro atoms. The van der Waals surface area contributed by atoms with E-state index in [1.807, 2.05) is 44.2 Å². The summed E-state index contributed by atoms with van der Waals surface area (Å²) in [6, 6.07) is 33.5. The number of hydrogen-bond acceptors (Lipinski definition) is 4. The van der Waals surface area contributed by atoms with Gasteiger partial charge in [0.05, 0.1) is 29.2 Å². The molecule has 4 rings (SSSR count). The van der Waals surface area contributed by atoms with Crippen LogP contribution in [0.1, 0.15) is 53.6 Å². The predicted octanol–water partition coefficient (Wildman–Crippen LogP) is 7.14. The van der Waals surface area contributed by atoms with Gasteiger partial charge in [-0.05, 0) is 79.3 Å². The molecule has 3 aromatic carbocycles. The molecule has 0 saturated heterocycles. The summed E-state index contributed by atoms with van der Waals surface area (Å²) in [7, 11) is 0. The van der Waals surface area contributed by atoms with Crippen LogP contribution in [-0.2, 0) is 6.42 Å². The smallest absolute Gasteiger partial charge is 0.0991 e. The van der Waals surface area contributed by atoms with Gasteiger partial charge < -0.3 is 5.32 Å². The lowest BCUT2D eigenvalue weighted by atomic mass is 9.80. The second kappa shape index (κ2) is 11.7. The van der Waals surface area contributed by atoms with Gasteiger partial charge in [0.1, 0.15) is 0 Å². The third-order valence-corrected chi connectivity index (χ3v) is 6.93. The first kappa shape index (κ1) is 25.8. The van der Waals surface area contributed by atoms with Crippen LogP contribution in [0.15, 0.2) is 97.3 Å². The average Bonchev–Trinajstić information content (AvgIpc) is 2.94. The maximum Gasteiger partial charge on any atom is 0.0991 e. The number of benzene rings is 3. The summed E-state index contributed by atoms with van der Waals surface area (Å²) in [6.07, 6.45) is 4.42. The van der Waals surface area contributed by atoms with Gasteiger partial charge in [-0.15, -0.1) is 0 Å². The Balaban J connectivity index is 1.62. The van der Waals surface area contributed by atoms with Crippen molar-refractivity contribution < 1.29 is 0 Å². The summed E-state index contributed by atoms with van der Waals surface area (Å²) in [5.74, 6) is 0.143. The second-order valence-electron chi connectivity index (χ2n) is 10.2. The van der Waals surface area contributed by atoms with Crippen LogP contribution in [-0.4, -0.2) is 11.5 Å². The minimum Gasteiger partial charge on any atom is -0.308 e. The largest absolute Gasteiger partial charge is 0.308 e. The van der Waals surface area contributed by atoms with Gasteiger partial charge in [0.25, 0.3) is 0 Å². The lowest BCUT2D eigenvalue weighted by Gasteiger charge is -2.32. The van der Waals surface area contributed by atoms with Crippen LogP contribution in [0.25, 0.3) is 11.1 Å². The molecule has 4 heteroatoms. The molecule has 4 aromatic rings. The molecule has 0 saturated carbocycles. The SMILES string of the molecule is Cc1ccc(CC(CNC(c2ccc(-c3ccncc3)cc2)C(C)(C)C#N)c2cccc(C#N)c2)cc1. The van der Waals surface area contributed by atoms with Gasteiger partial charge >= 0.3 is 0 Å². The van der Waals surface area contributed by atoms with Crippen molar-refractivity contribution in [2.24, 2.45) is 5.41 Å². The lowest BCUT2D eigenvalue weighted by molar-refractivity contribution is 0.317. The van der Waals surface area contributed by atoms with Gasteiger partial charge in [-0.3, -0.25) is 4.98 Å². The van der Waals surface area contributed by atoms with E-state index in [1.165, 1.54) is 11.1 Å². The van der Waals surface area contributed by atoms with Crippen LogP contribution in [0.3, 0.4) is 0 Å². The normalized spacial score (nSPS) is 12.8. The fourth-order valence-corrected chi connectivity index (χ4v) is 4.71. The Morgan fingerprint density at radius 3 is 2.16 bits per heavy atom. The molecular formula is C33H32N4. The molecule has 2 atom stereocenters. The molecule has 1 heterocycles. The van der Waals surface area contributed by atoms with Gasteiger partial charge in [-0.2, -0.15) is 10.5 Å². The molecule has 4 nitrogen and oxygen atoms in total. The zero-order valence-corrected chi connectivity index (χ0v) is 21.6. The summed E-state index contributed by atoms with van der Waals surface area (Å²) in [6.45, 7) is 6.72. The standard InChI is InChI=1S/C33H32N4/c1-24-7-9-25(10-8-24)19-31(30-6-4-5-26(20-30)21-34)22-37-32(33(2,3)23-35)29-13-11-27(12-14-29)28-15-17-36-18-16-28/h4-18,20,31-32,37H,19,22H2,1-3H3. The van der Waals surface area contributed by atoms with E-state index in [2.05, 4.69) is 84.0 Å². The highest BCUT2D eigenvalue weighted by atomic mass is 14.9. The lowest BCUT2D eigenvalue weighted by Crippen LogP contribution is -2.36. The van der Waals surface area contributed by atoms with E-state index in [9.17, 15) is 10.5 Å². The molecule has 0 amide bonds. The van der Waals surface area contributed by atoms with Gasteiger partial charge in [-0.25, -0.2) is 0 Å². The van der Waals surface area contributed by atoms with Crippen LogP contribution >= 0.6 is 0 Å². The van der Waals surface area contributed by atoms with Crippen LogP contribution < -0.4 is 5.32 Å². The summed E-state index contributed by atoms with van der Waals surface area (Å²) in [4.78, 5) is 4.11. The molecule has 1 aromatic heterocycles. The maximum absolute atomic E-state index is 10.0. The summed E-state index contributed by atoms with van der Waals surface area (Å²) < 4.78 is 0. The monoisotopic (exact) mass is 484 g/mol. The number of aromatic nitrogens is 1. The van der Waals surface area contributed by atoms with Crippen molar-refractivity contribution in [3.63, 3.8) is 0 Å². The van der Waals surface area contributed by atoms with E-state index < -0.39 is 5.41 Å². The van der Waals surface area contributed by atoms with Gasteiger partial charge in [0, 0.05) is 24.9 Å². The summed E-state index contributed by atoms with van der Waals surface area (Å²) in [5.41, 5.74) is 6.94. The number of hydrogen-bond donors (Lipinski definition) is 1. The number of nitriles is 2. The topological polar surface area (TPSA) is 72.5 Å². The number of rotatable bonds is 9. The Hall–Kier alpha value is -4.25. The molecule has 184 valence electrons. The van der Waals surface area contributed by atoms with Crippen molar-refractivity contribution in [2.75, 3.05) is 6.54 Å². The first-order valence-electron chi connectivity index (χ1n) is 12.6. The molecule has 0 fully saturated rings. The number of pyridine rings is 1. The average molecular weight is 485 g/mol. The molecule has 1 N–H and O–H groups in total. The third-order valence-electron chi connectivity index (χ3n) is 6.93. The van der Waals surface area contributed by atoms with Gasteiger partial charge in [0.2, 0.25) is 0 Å². The van der Waals surface area contributed by atoms with Crippen LogP contribution in [0.4, 0.5) is 0 Å². The Bertz CT molecular complexity index is 1390. The van der Waals surface area contributed by atoms with Crippen LogP contribution in [0.2, 0.25) is 0 Å². The molecule has 0 radical (unpaired) electrons. The predicted molar refractivity (Wildman–Crippen MR) is 149 cm³/mol. The molecule has 0 aliphatic rings. The van der Waals surface area contributed by atoms with E-state index >= 15 is 0 Å². The highest BCUT2D eigenvalue weighted by molar-refractivity contribution is 5.63. The molecule has 0 aliphatic carbocycles. The molecule has 0 bridgehead atoms. The van der Waals surface area contributed by atoms with E-state index in [0.717, 1.165) is 28.7 Å². The van der Waals surface area contributed by atoms with E-state index in [4.69, 9.17) is 0 Å². The maximum atomic E-state index is 10.0. The van der Waals surface area contributed by atoms with Crippen molar-refractivity contribution in [1.29, 1.82) is 10.5 Å². The summed E-state index contributed by atoms with van der Waals surface area (Å²) in [5, 5.41) is 23.2. The Morgan fingerprint density at radius 1 is 0.838 bits per heavy atom. The highest BCUT2D eigenvalue weighted by Crippen LogP contribution is 2.35. The van der Waals surface area contributed by atoms with Crippen molar-refractivity contribution in [1.82, 2.24) is 10.3 Å². The minimum atomic E-state index is -0.624. The van der Waals surface area contributed by atoms with Crippen LogP contribution in [0, 0.1) is 35.0 Å². The second-order valence-corrected chi connectivity index (χ2v) is 10.2. The van der Waals surface area contributed by atoms with E-state index in [-0.39, 0.29) is 12.0 Å². The zero-order chi connectivity index (χ0) is 26.3. The van der Waals surface area contributed by atoms with Crippen molar-refractivity contribution in [3.8, 4) is 23.3 Å². The van der Waals surface area contributed by atoms with Crippen molar-refractivity contribution in [2.45, 2.75) is 39.2 Å². The van der Waals surface area contributed by atoms with Gasteiger partial charge in [-0.1, -0.05) is 66.2 Å². The fraction of sp³-hybridized carbons (Fsp3) is 0.242. The fourth-order valence-electron chi connectivity index (χ4n) is 4.71. The first-order valence-corrected chi connectivity index (χ1v) is 12.6. The minimum absolute atomic E-state index is 0.143.